The Kier molecular flexibility index (Phi) is 3.90. The lowest BCUT2D eigenvalue weighted by molar-refractivity contribution is 0.101. The molecule has 0 spiro atoms. The largest absolute Gasteiger partial charge is 0.397 e. The molecule has 2 rings (SSSR count). The maximum absolute atomic E-state index is 12.2. The number of carbonyl (C=O) groups excluding carboxylic acids is 1. The zero-order valence-electron chi connectivity index (χ0n) is 10.8. The molecule has 0 fully saturated rings. The Balaban J connectivity index is 2.23. The molecule has 100 valence electrons. The van der Waals surface area contributed by atoms with Crippen LogP contribution in [0.4, 0.5) is 11.4 Å². The molecule has 3 N–H and O–H groups in total. The van der Waals surface area contributed by atoms with Crippen LogP contribution in [0.25, 0.3) is 0 Å². The van der Waals surface area contributed by atoms with Gasteiger partial charge < -0.3 is 11.1 Å². The van der Waals surface area contributed by atoms with E-state index in [-0.39, 0.29) is 5.91 Å². The van der Waals surface area contributed by atoms with E-state index in [9.17, 15) is 4.79 Å². The molecule has 0 atom stereocenters. The Morgan fingerprint density at radius 2 is 2.21 bits per heavy atom. The number of nitrogen functional groups attached to an aromatic ring is 1. The Labute approximate surface area is 119 Å². The number of anilines is 2. The number of nitrogens with one attached hydrogen (secondary N) is 1. The van der Waals surface area contributed by atoms with Crippen molar-refractivity contribution in [3.05, 3.63) is 40.1 Å². The summed E-state index contributed by atoms with van der Waals surface area (Å²) in [4.78, 5) is 12.2. The number of hydrogen-bond donors (Lipinski definition) is 2. The van der Waals surface area contributed by atoms with Crippen molar-refractivity contribution < 1.29 is 4.79 Å². The van der Waals surface area contributed by atoms with Crippen molar-refractivity contribution in [3.63, 3.8) is 0 Å². The van der Waals surface area contributed by atoms with E-state index < -0.39 is 0 Å². The molecule has 0 aliphatic carbocycles. The summed E-state index contributed by atoms with van der Waals surface area (Å²) in [7, 11) is 1.75. The highest BCUT2D eigenvalue weighted by Gasteiger charge is 2.13. The average Bonchev–Trinajstić information content (AvgIpc) is 2.74. The van der Waals surface area contributed by atoms with E-state index in [1.807, 2.05) is 13.0 Å². The van der Waals surface area contributed by atoms with Crippen LogP contribution in [-0.2, 0) is 13.5 Å². The molecular weight excluding hydrogens is 308 g/mol. The molecular formula is C13H15BrN4O. The van der Waals surface area contributed by atoms with Gasteiger partial charge in [0.2, 0.25) is 0 Å². The fraction of sp³-hybridized carbons (Fsp3) is 0.231. The van der Waals surface area contributed by atoms with Gasteiger partial charge in [0.05, 0.1) is 17.1 Å². The zero-order valence-corrected chi connectivity index (χ0v) is 12.4. The summed E-state index contributed by atoms with van der Waals surface area (Å²) in [5.74, 6) is -0.219. The highest BCUT2D eigenvalue weighted by atomic mass is 79.9. The molecule has 0 aliphatic rings. The third kappa shape index (κ3) is 2.96. The molecule has 1 aromatic carbocycles. The fourth-order valence-corrected chi connectivity index (χ4v) is 2.12. The van der Waals surface area contributed by atoms with Crippen LogP contribution in [0.15, 0.2) is 28.7 Å². The van der Waals surface area contributed by atoms with Gasteiger partial charge in [0.25, 0.3) is 5.91 Å². The summed E-state index contributed by atoms with van der Waals surface area (Å²) < 4.78 is 2.44. The zero-order chi connectivity index (χ0) is 14.0. The van der Waals surface area contributed by atoms with E-state index in [4.69, 9.17) is 5.73 Å². The van der Waals surface area contributed by atoms with Crippen molar-refractivity contribution in [2.75, 3.05) is 11.1 Å². The molecule has 1 aromatic heterocycles. The van der Waals surface area contributed by atoms with Crippen LogP contribution in [0.1, 0.15) is 23.1 Å². The predicted octanol–water partition coefficient (Wildman–Crippen LogP) is 2.58. The molecule has 0 bridgehead atoms. The van der Waals surface area contributed by atoms with Gasteiger partial charge in [-0.05, 0) is 30.7 Å². The lowest BCUT2D eigenvalue weighted by atomic mass is 10.2. The summed E-state index contributed by atoms with van der Waals surface area (Å²) in [6, 6.07) is 7.11. The minimum Gasteiger partial charge on any atom is -0.397 e. The Bertz CT molecular complexity index is 621. The van der Waals surface area contributed by atoms with Crippen molar-refractivity contribution in [3.8, 4) is 0 Å². The third-order valence-corrected chi connectivity index (χ3v) is 3.28. The Morgan fingerprint density at radius 3 is 2.79 bits per heavy atom. The van der Waals surface area contributed by atoms with Crippen molar-refractivity contribution in [1.82, 2.24) is 9.78 Å². The minimum atomic E-state index is -0.219. The minimum absolute atomic E-state index is 0.219. The molecule has 1 heterocycles. The van der Waals surface area contributed by atoms with Crippen LogP contribution in [0.3, 0.4) is 0 Å². The molecule has 0 saturated carbocycles. The second-order valence-electron chi connectivity index (χ2n) is 4.18. The third-order valence-electron chi connectivity index (χ3n) is 2.79. The number of nitrogens with zero attached hydrogens (tertiary/aromatic N) is 2. The molecule has 1 amide bonds. The van der Waals surface area contributed by atoms with Crippen LogP contribution in [0, 0.1) is 0 Å². The van der Waals surface area contributed by atoms with E-state index in [0.717, 1.165) is 16.6 Å². The summed E-state index contributed by atoms with van der Waals surface area (Å²) >= 11 is 3.32. The second-order valence-corrected chi connectivity index (χ2v) is 5.10. The van der Waals surface area contributed by atoms with E-state index >= 15 is 0 Å². The molecule has 0 unspecified atom stereocenters. The number of rotatable bonds is 3. The smallest absolute Gasteiger partial charge is 0.273 e. The number of aromatic nitrogens is 2. The normalized spacial score (nSPS) is 10.5. The van der Waals surface area contributed by atoms with Gasteiger partial charge in [-0.15, -0.1) is 0 Å². The predicted molar refractivity (Wildman–Crippen MR) is 79.1 cm³/mol. The van der Waals surface area contributed by atoms with E-state index in [0.29, 0.717) is 17.1 Å². The first kappa shape index (κ1) is 13.6. The first-order chi connectivity index (χ1) is 9.01. The maximum atomic E-state index is 12.2. The average molecular weight is 323 g/mol. The Hall–Kier alpha value is -1.82. The molecule has 19 heavy (non-hydrogen) atoms. The number of hydrogen-bond acceptors (Lipinski definition) is 3. The SMILES string of the molecule is CCc1cc(C(=O)Nc2ccc(Br)cc2N)n(C)n1. The van der Waals surface area contributed by atoms with Crippen molar-refractivity contribution >= 4 is 33.2 Å². The van der Waals surface area contributed by atoms with Crippen molar-refractivity contribution in [2.24, 2.45) is 7.05 Å². The quantitative estimate of drug-likeness (QED) is 0.853. The van der Waals surface area contributed by atoms with Crippen LogP contribution >= 0.6 is 15.9 Å². The Morgan fingerprint density at radius 1 is 1.47 bits per heavy atom. The van der Waals surface area contributed by atoms with Gasteiger partial charge in [0.1, 0.15) is 5.69 Å². The van der Waals surface area contributed by atoms with Gasteiger partial charge in [-0.25, -0.2) is 0 Å². The monoisotopic (exact) mass is 322 g/mol. The highest BCUT2D eigenvalue weighted by Crippen LogP contribution is 2.23. The molecule has 0 radical (unpaired) electrons. The molecule has 5 nitrogen and oxygen atoms in total. The topological polar surface area (TPSA) is 72.9 Å². The summed E-state index contributed by atoms with van der Waals surface area (Å²) in [6.45, 7) is 2.00. The number of benzene rings is 1. The summed E-state index contributed by atoms with van der Waals surface area (Å²) in [5, 5.41) is 7.03. The van der Waals surface area contributed by atoms with Gasteiger partial charge >= 0.3 is 0 Å². The van der Waals surface area contributed by atoms with Crippen LogP contribution in [0.2, 0.25) is 0 Å². The number of carbonyl (C=O) groups is 1. The van der Waals surface area contributed by atoms with Gasteiger partial charge in [-0.3, -0.25) is 9.48 Å². The maximum Gasteiger partial charge on any atom is 0.273 e. The van der Waals surface area contributed by atoms with Gasteiger partial charge in [0, 0.05) is 11.5 Å². The molecule has 2 aromatic rings. The van der Waals surface area contributed by atoms with Crippen molar-refractivity contribution in [1.29, 1.82) is 0 Å². The van der Waals surface area contributed by atoms with Gasteiger partial charge in [-0.2, -0.15) is 5.10 Å². The molecule has 0 saturated heterocycles. The molecule has 0 aliphatic heterocycles. The summed E-state index contributed by atoms with van der Waals surface area (Å²) in [5.41, 5.74) is 8.35. The summed E-state index contributed by atoms with van der Waals surface area (Å²) in [6.07, 6.45) is 0.793. The fourth-order valence-electron chi connectivity index (χ4n) is 1.75. The first-order valence-electron chi connectivity index (χ1n) is 5.90. The number of nitrogens with two attached hydrogens (primary N) is 1. The standard InChI is InChI=1S/C13H15BrN4O/c1-3-9-7-12(18(2)17-9)13(19)16-11-5-4-8(14)6-10(11)15/h4-7H,3,15H2,1-2H3,(H,16,19). The number of amides is 1. The first-order valence-corrected chi connectivity index (χ1v) is 6.70. The van der Waals surface area contributed by atoms with E-state index in [2.05, 4.69) is 26.3 Å². The molecule has 6 heteroatoms. The second kappa shape index (κ2) is 5.44. The van der Waals surface area contributed by atoms with Crippen LogP contribution < -0.4 is 11.1 Å². The van der Waals surface area contributed by atoms with Gasteiger partial charge in [-0.1, -0.05) is 22.9 Å². The van der Waals surface area contributed by atoms with Crippen LogP contribution in [0.5, 0.6) is 0 Å². The number of halogens is 1. The van der Waals surface area contributed by atoms with Crippen LogP contribution in [-0.4, -0.2) is 15.7 Å². The highest BCUT2D eigenvalue weighted by molar-refractivity contribution is 9.10. The van der Waals surface area contributed by atoms with Gasteiger partial charge in [0.15, 0.2) is 0 Å². The number of aryl methyl sites for hydroxylation is 2. The lowest BCUT2D eigenvalue weighted by Gasteiger charge is -2.08. The van der Waals surface area contributed by atoms with E-state index in [1.54, 1.807) is 29.9 Å². The van der Waals surface area contributed by atoms with E-state index in [1.165, 1.54) is 0 Å². The lowest BCUT2D eigenvalue weighted by Crippen LogP contribution is -2.16. The van der Waals surface area contributed by atoms with Crippen molar-refractivity contribution in [2.45, 2.75) is 13.3 Å².